The van der Waals surface area contributed by atoms with Crippen LogP contribution in [0.3, 0.4) is 0 Å². The Morgan fingerprint density at radius 1 is 1.29 bits per heavy atom. The molecule has 2 aliphatic heterocycles. The number of pyridine rings is 1. The Labute approximate surface area is 130 Å². The predicted octanol–water partition coefficient (Wildman–Crippen LogP) is 3.44. The first kappa shape index (κ1) is 13.1. The third kappa shape index (κ3) is 1.87. The standard InChI is InChI=1S/C16H15BrN2O2/c17-13-3-1-2-11-10(13)6-7-18-15(11)19-9-4-5-14(19)12(8-9)16(20)21/h1-3,6-7,9,12,14H,4-5,8H2,(H,20,21). The highest BCUT2D eigenvalue weighted by atomic mass is 79.9. The van der Waals surface area contributed by atoms with Crippen LogP contribution in [0.15, 0.2) is 34.9 Å². The zero-order valence-corrected chi connectivity index (χ0v) is 13.0. The van der Waals surface area contributed by atoms with Crippen LogP contribution in [0.2, 0.25) is 0 Å². The number of hydrogen-bond donors (Lipinski definition) is 1. The molecule has 3 unspecified atom stereocenters. The number of halogens is 1. The molecule has 2 aromatic rings. The molecular formula is C16H15BrN2O2. The summed E-state index contributed by atoms with van der Waals surface area (Å²) in [6, 6.07) is 8.48. The van der Waals surface area contributed by atoms with E-state index < -0.39 is 5.97 Å². The average Bonchev–Trinajstić information content (AvgIpc) is 3.05. The highest BCUT2D eigenvalue weighted by Gasteiger charge is 2.50. The number of fused-ring (bicyclic) bond motifs is 3. The van der Waals surface area contributed by atoms with Crippen molar-refractivity contribution in [2.24, 2.45) is 5.92 Å². The molecule has 0 saturated carbocycles. The number of nitrogens with zero attached hydrogens (tertiary/aromatic N) is 2. The molecule has 5 heteroatoms. The van der Waals surface area contributed by atoms with Gasteiger partial charge < -0.3 is 10.0 Å². The van der Waals surface area contributed by atoms with Crippen molar-refractivity contribution in [2.75, 3.05) is 4.90 Å². The van der Waals surface area contributed by atoms with Gasteiger partial charge in [0.15, 0.2) is 0 Å². The molecule has 0 aliphatic carbocycles. The number of aromatic nitrogens is 1. The second-order valence-electron chi connectivity index (χ2n) is 5.86. The van der Waals surface area contributed by atoms with Gasteiger partial charge in [0, 0.05) is 33.5 Å². The molecule has 0 amide bonds. The first-order valence-electron chi connectivity index (χ1n) is 7.21. The molecule has 1 aromatic heterocycles. The summed E-state index contributed by atoms with van der Waals surface area (Å²) in [5.41, 5.74) is 0. The van der Waals surface area contributed by atoms with E-state index in [0.29, 0.717) is 6.04 Å². The van der Waals surface area contributed by atoms with Crippen LogP contribution in [0.4, 0.5) is 5.82 Å². The monoisotopic (exact) mass is 346 g/mol. The van der Waals surface area contributed by atoms with Crippen LogP contribution >= 0.6 is 15.9 Å². The minimum absolute atomic E-state index is 0.0876. The summed E-state index contributed by atoms with van der Waals surface area (Å²) in [6.07, 6.45) is 4.58. The minimum atomic E-state index is -0.673. The maximum atomic E-state index is 11.4. The summed E-state index contributed by atoms with van der Waals surface area (Å²) in [7, 11) is 0. The van der Waals surface area contributed by atoms with Crippen molar-refractivity contribution >= 4 is 38.5 Å². The van der Waals surface area contributed by atoms with Crippen molar-refractivity contribution in [1.29, 1.82) is 0 Å². The normalized spacial score (nSPS) is 27.5. The predicted molar refractivity (Wildman–Crippen MR) is 84.5 cm³/mol. The van der Waals surface area contributed by atoms with Crippen molar-refractivity contribution in [3.63, 3.8) is 0 Å². The lowest BCUT2D eigenvalue weighted by atomic mass is 9.89. The van der Waals surface area contributed by atoms with Crippen molar-refractivity contribution < 1.29 is 9.90 Å². The topological polar surface area (TPSA) is 53.4 Å². The Balaban J connectivity index is 1.85. The molecule has 2 bridgehead atoms. The first-order chi connectivity index (χ1) is 10.2. The van der Waals surface area contributed by atoms with E-state index in [9.17, 15) is 9.90 Å². The lowest BCUT2D eigenvalue weighted by Gasteiger charge is -2.25. The van der Waals surface area contributed by atoms with Gasteiger partial charge in [0.25, 0.3) is 0 Å². The van der Waals surface area contributed by atoms with Gasteiger partial charge in [0.2, 0.25) is 0 Å². The van der Waals surface area contributed by atoms with E-state index in [-0.39, 0.29) is 12.0 Å². The fourth-order valence-electron chi connectivity index (χ4n) is 3.94. The van der Waals surface area contributed by atoms with Gasteiger partial charge in [0.1, 0.15) is 5.82 Å². The van der Waals surface area contributed by atoms with Crippen LogP contribution in [-0.2, 0) is 4.79 Å². The summed E-state index contributed by atoms with van der Waals surface area (Å²) in [5.74, 6) is 0.00614. The molecular weight excluding hydrogens is 332 g/mol. The van der Waals surface area contributed by atoms with Gasteiger partial charge in [0.05, 0.1) is 5.92 Å². The maximum absolute atomic E-state index is 11.4. The summed E-state index contributed by atoms with van der Waals surface area (Å²) in [6.45, 7) is 0. The zero-order chi connectivity index (χ0) is 14.6. The van der Waals surface area contributed by atoms with E-state index in [4.69, 9.17) is 0 Å². The van der Waals surface area contributed by atoms with Crippen molar-refractivity contribution in [3.8, 4) is 0 Å². The van der Waals surface area contributed by atoms with Crippen molar-refractivity contribution in [2.45, 2.75) is 31.3 Å². The van der Waals surface area contributed by atoms with E-state index >= 15 is 0 Å². The summed E-state index contributed by atoms with van der Waals surface area (Å²) >= 11 is 3.58. The third-order valence-corrected chi connectivity index (χ3v) is 5.52. The van der Waals surface area contributed by atoms with Crippen LogP contribution < -0.4 is 4.90 Å². The number of anilines is 1. The van der Waals surface area contributed by atoms with Crippen LogP contribution in [0.1, 0.15) is 19.3 Å². The van der Waals surface area contributed by atoms with Gasteiger partial charge in [-0.25, -0.2) is 4.98 Å². The lowest BCUT2D eigenvalue weighted by Crippen LogP contribution is -2.33. The van der Waals surface area contributed by atoms with Gasteiger partial charge in [-0.3, -0.25) is 4.79 Å². The molecule has 2 aliphatic rings. The Morgan fingerprint density at radius 3 is 2.90 bits per heavy atom. The van der Waals surface area contributed by atoms with Gasteiger partial charge in [-0.1, -0.05) is 28.1 Å². The molecule has 4 rings (SSSR count). The Morgan fingerprint density at radius 2 is 2.14 bits per heavy atom. The van der Waals surface area contributed by atoms with E-state index in [0.717, 1.165) is 40.3 Å². The summed E-state index contributed by atoms with van der Waals surface area (Å²) < 4.78 is 1.05. The molecule has 1 N–H and O–H groups in total. The highest BCUT2D eigenvalue weighted by Crippen LogP contribution is 2.46. The van der Waals surface area contributed by atoms with E-state index in [1.165, 1.54) is 0 Å². The fraction of sp³-hybridized carbons (Fsp3) is 0.375. The Kier molecular flexibility index (Phi) is 2.92. The number of carboxylic acids is 1. The molecule has 4 nitrogen and oxygen atoms in total. The second-order valence-corrected chi connectivity index (χ2v) is 6.71. The van der Waals surface area contributed by atoms with Gasteiger partial charge in [-0.15, -0.1) is 0 Å². The van der Waals surface area contributed by atoms with Crippen LogP contribution in [0.25, 0.3) is 10.8 Å². The zero-order valence-electron chi connectivity index (χ0n) is 11.4. The number of carbonyl (C=O) groups is 1. The van der Waals surface area contributed by atoms with Crippen molar-refractivity contribution in [3.05, 3.63) is 34.9 Å². The molecule has 2 saturated heterocycles. The smallest absolute Gasteiger partial charge is 0.308 e. The van der Waals surface area contributed by atoms with E-state index in [2.05, 4.69) is 31.9 Å². The van der Waals surface area contributed by atoms with Gasteiger partial charge in [-0.2, -0.15) is 0 Å². The second kappa shape index (κ2) is 4.70. The maximum Gasteiger partial charge on any atom is 0.308 e. The lowest BCUT2D eigenvalue weighted by molar-refractivity contribution is -0.142. The number of aliphatic carboxylic acids is 1. The number of rotatable bonds is 2. The first-order valence-corrected chi connectivity index (χ1v) is 8.00. The molecule has 21 heavy (non-hydrogen) atoms. The Bertz CT molecular complexity index is 733. The molecule has 0 radical (unpaired) electrons. The number of hydrogen-bond acceptors (Lipinski definition) is 3. The molecule has 3 atom stereocenters. The van der Waals surface area contributed by atoms with Crippen LogP contribution in [0, 0.1) is 5.92 Å². The summed E-state index contributed by atoms with van der Waals surface area (Å²) in [5, 5.41) is 11.6. The Hall–Kier alpha value is -1.62. The van der Waals surface area contributed by atoms with E-state index in [1.807, 2.05) is 24.4 Å². The number of carboxylic acid groups (broad SMARTS) is 1. The van der Waals surface area contributed by atoms with E-state index in [1.54, 1.807) is 0 Å². The van der Waals surface area contributed by atoms with Crippen LogP contribution in [0.5, 0.6) is 0 Å². The molecule has 2 fully saturated rings. The van der Waals surface area contributed by atoms with Crippen LogP contribution in [-0.4, -0.2) is 28.1 Å². The molecule has 3 heterocycles. The highest BCUT2D eigenvalue weighted by molar-refractivity contribution is 9.10. The molecule has 0 spiro atoms. The largest absolute Gasteiger partial charge is 0.481 e. The molecule has 108 valence electrons. The molecule has 1 aromatic carbocycles. The third-order valence-electron chi connectivity index (χ3n) is 4.83. The van der Waals surface area contributed by atoms with Gasteiger partial charge in [-0.05, 0) is 31.4 Å². The fourth-order valence-corrected chi connectivity index (χ4v) is 4.44. The number of benzene rings is 1. The SMILES string of the molecule is O=C(O)C1CC2CCC1N2c1nccc2c(Br)cccc12. The minimum Gasteiger partial charge on any atom is -0.481 e. The average molecular weight is 347 g/mol. The van der Waals surface area contributed by atoms with Gasteiger partial charge >= 0.3 is 5.97 Å². The quantitative estimate of drug-likeness (QED) is 0.904. The summed E-state index contributed by atoms with van der Waals surface area (Å²) in [4.78, 5) is 18.3. The van der Waals surface area contributed by atoms with Crippen molar-refractivity contribution in [1.82, 2.24) is 4.98 Å².